The summed E-state index contributed by atoms with van der Waals surface area (Å²) in [5, 5.41) is 4.34. The highest BCUT2D eigenvalue weighted by molar-refractivity contribution is 5.99. The molecule has 1 heterocycles. The molecule has 0 aliphatic heterocycles. The molecule has 2 aromatic rings. The largest absolute Gasteiger partial charge is 0.496 e. The van der Waals surface area contributed by atoms with Crippen LogP contribution < -0.4 is 15.7 Å². The van der Waals surface area contributed by atoms with Gasteiger partial charge in [0.2, 0.25) is 5.95 Å². The van der Waals surface area contributed by atoms with E-state index in [0.717, 1.165) is 42.2 Å². The second-order valence-electron chi connectivity index (χ2n) is 6.03. The average molecular weight is 357 g/mol. The maximum atomic E-state index is 11.5. The van der Waals surface area contributed by atoms with Gasteiger partial charge >= 0.3 is 0 Å². The summed E-state index contributed by atoms with van der Waals surface area (Å²) in [6.07, 6.45) is 0. The lowest BCUT2D eigenvalue weighted by atomic mass is 10.1. The number of nitrogens with zero attached hydrogens (tertiary/aromatic N) is 3. The minimum absolute atomic E-state index is 0.209. The topological polar surface area (TPSA) is 82.6 Å². The molecule has 0 bridgehead atoms. The lowest BCUT2D eigenvalue weighted by Gasteiger charge is -2.20. The third-order valence-corrected chi connectivity index (χ3v) is 4.19. The Labute approximate surface area is 154 Å². The number of anilines is 1. The van der Waals surface area contributed by atoms with Crippen molar-refractivity contribution in [1.29, 1.82) is 0 Å². The van der Waals surface area contributed by atoms with Crippen LogP contribution in [0.1, 0.15) is 37.6 Å². The molecule has 2 N–H and O–H groups in total. The Hall–Kier alpha value is -2.67. The first kappa shape index (κ1) is 19.7. The van der Waals surface area contributed by atoms with Crippen LogP contribution in [0, 0.1) is 6.92 Å². The zero-order valence-corrected chi connectivity index (χ0v) is 16.1. The van der Waals surface area contributed by atoms with E-state index in [2.05, 4.69) is 45.3 Å². The van der Waals surface area contributed by atoms with Gasteiger partial charge in [0.1, 0.15) is 5.75 Å². The number of aromatic nitrogens is 2. The molecule has 7 heteroatoms. The van der Waals surface area contributed by atoms with Crippen LogP contribution in [0.2, 0.25) is 0 Å². The van der Waals surface area contributed by atoms with Crippen molar-refractivity contribution in [2.24, 2.45) is 5.10 Å². The Bertz CT molecular complexity index is 825. The van der Waals surface area contributed by atoms with E-state index >= 15 is 0 Å². The molecule has 0 unspecified atom stereocenters. The Kier molecular flexibility index (Phi) is 6.91. The molecule has 7 nitrogen and oxygen atoms in total. The fourth-order valence-corrected chi connectivity index (χ4v) is 2.65. The van der Waals surface area contributed by atoms with Gasteiger partial charge in [-0.05, 0) is 50.7 Å². The zero-order chi connectivity index (χ0) is 19.1. The standard InChI is InChI=1S/C19H27N5O2/c1-6-24(7-2)12-16-11-15(8-9-17(16)26-5)14(4)22-23-19-20-13(3)10-18(25)21-19/h8-11H,6-7,12H2,1-5H3,(H2,20,21,23,25)/b22-14-. The molecule has 0 saturated carbocycles. The summed E-state index contributed by atoms with van der Waals surface area (Å²) >= 11 is 0. The Morgan fingerprint density at radius 2 is 2.04 bits per heavy atom. The average Bonchev–Trinajstić information content (AvgIpc) is 2.63. The van der Waals surface area contributed by atoms with Crippen molar-refractivity contribution < 1.29 is 4.74 Å². The SMILES string of the molecule is CCN(CC)Cc1cc(/C(C)=N\Nc2nc(C)cc(=O)[nH]2)ccc1OC. The second kappa shape index (κ2) is 9.15. The fourth-order valence-electron chi connectivity index (χ4n) is 2.65. The maximum absolute atomic E-state index is 11.5. The van der Waals surface area contributed by atoms with Crippen molar-refractivity contribution in [3.05, 3.63) is 51.4 Å². The van der Waals surface area contributed by atoms with E-state index in [1.165, 1.54) is 6.07 Å². The maximum Gasteiger partial charge on any atom is 0.252 e. The molecule has 1 aromatic carbocycles. The number of nitrogens with one attached hydrogen (secondary N) is 2. The Balaban J connectivity index is 2.24. The van der Waals surface area contributed by atoms with Crippen molar-refractivity contribution in [2.75, 3.05) is 25.6 Å². The van der Waals surface area contributed by atoms with E-state index in [1.807, 2.05) is 19.1 Å². The molecule has 0 radical (unpaired) electrons. The van der Waals surface area contributed by atoms with Crippen molar-refractivity contribution in [2.45, 2.75) is 34.2 Å². The first-order valence-corrected chi connectivity index (χ1v) is 8.74. The monoisotopic (exact) mass is 357 g/mol. The van der Waals surface area contributed by atoms with Gasteiger partial charge in [-0.3, -0.25) is 14.7 Å². The zero-order valence-electron chi connectivity index (χ0n) is 16.1. The molecule has 0 fully saturated rings. The fraction of sp³-hybridized carbons (Fsp3) is 0.421. The number of hydrogen-bond donors (Lipinski definition) is 2. The van der Waals surface area contributed by atoms with Crippen LogP contribution in [0.5, 0.6) is 5.75 Å². The lowest BCUT2D eigenvalue weighted by molar-refractivity contribution is 0.289. The highest BCUT2D eigenvalue weighted by Gasteiger charge is 2.10. The van der Waals surface area contributed by atoms with Crippen molar-refractivity contribution >= 4 is 11.7 Å². The number of benzene rings is 1. The number of rotatable bonds is 8. The molecule has 0 atom stereocenters. The Morgan fingerprint density at radius 1 is 1.31 bits per heavy atom. The lowest BCUT2D eigenvalue weighted by Crippen LogP contribution is -2.22. The predicted molar refractivity (Wildman–Crippen MR) is 105 cm³/mol. The molecule has 0 spiro atoms. The van der Waals surface area contributed by atoms with Gasteiger partial charge in [0.05, 0.1) is 12.8 Å². The predicted octanol–water partition coefficient (Wildman–Crippen LogP) is 2.76. The van der Waals surface area contributed by atoms with E-state index in [9.17, 15) is 4.79 Å². The van der Waals surface area contributed by atoms with Crippen LogP contribution >= 0.6 is 0 Å². The molecule has 0 aliphatic carbocycles. The van der Waals surface area contributed by atoms with Gasteiger partial charge in [-0.25, -0.2) is 10.4 Å². The van der Waals surface area contributed by atoms with Gasteiger partial charge in [0.25, 0.3) is 5.56 Å². The molecular weight excluding hydrogens is 330 g/mol. The molecule has 26 heavy (non-hydrogen) atoms. The highest BCUT2D eigenvalue weighted by Crippen LogP contribution is 2.22. The molecule has 140 valence electrons. The molecule has 0 amide bonds. The van der Waals surface area contributed by atoms with E-state index in [4.69, 9.17) is 4.74 Å². The van der Waals surface area contributed by atoms with Crippen molar-refractivity contribution in [3.63, 3.8) is 0 Å². The molecule has 0 aliphatic rings. The van der Waals surface area contributed by atoms with Crippen molar-refractivity contribution in [3.8, 4) is 5.75 Å². The summed E-state index contributed by atoms with van der Waals surface area (Å²) in [4.78, 5) is 20.6. The molecular formula is C19H27N5O2. The summed E-state index contributed by atoms with van der Waals surface area (Å²) in [7, 11) is 1.68. The normalized spacial score (nSPS) is 11.7. The van der Waals surface area contributed by atoms with Gasteiger partial charge in [0, 0.05) is 23.9 Å². The number of aryl methyl sites for hydroxylation is 1. The van der Waals surface area contributed by atoms with Crippen LogP contribution in [-0.4, -0.2) is 40.8 Å². The third-order valence-electron chi connectivity index (χ3n) is 4.19. The molecule has 0 saturated heterocycles. The number of hydrogen-bond acceptors (Lipinski definition) is 6. The summed E-state index contributed by atoms with van der Waals surface area (Å²) < 4.78 is 5.49. The van der Waals surface area contributed by atoms with Gasteiger partial charge in [0.15, 0.2) is 0 Å². The minimum atomic E-state index is -0.209. The molecule has 1 aromatic heterocycles. The van der Waals surface area contributed by atoms with Crippen LogP contribution in [0.4, 0.5) is 5.95 Å². The summed E-state index contributed by atoms with van der Waals surface area (Å²) in [6, 6.07) is 7.45. The Morgan fingerprint density at radius 3 is 2.65 bits per heavy atom. The van der Waals surface area contributed by atoms with Gasteiger partial charge in [-0.2, -0.15) is 5.10 Å². The van der Waals surface area contributed by atoms with E-state index in [-0.39, 0.29) is 5.56 Å². The smallest absolute Gasteiger partial charge is 0.252 e. The number of hydrazone groups is 1. The minimum Gasteiger partial charge on any atom is -0.496 e. The number of ether oxygens (including phenoxy) is 1. The van der Waals surface area contributed by atoms with Crippen molar-refractivity contribution in [1.82, 2.24) is 14.9 Å². The number of H-pyrrole nitrogens is 1. The summed E-state index contributed by atoms with van der Waals surface area (Å²) in [5.74, 6) is 1.19. The van der Waals surface area contributed by atoms with Crippen LogP contribution in [0.15, 0.2) is 34.2 Å². The summed E-state index contributed by atoms with van der Waals surface area (Å²) in [6.45, 7) is 10.7. The van der Waals surface area contributed by atoms with E-state index in [1.54, 1.807) is 14.0 Å². The van der Waals surface area contributed by atoms with E-state index < -0.39 is 0 Å². The number of methoxy groups -OCH3 is 1. The van der Waals surface area contributed by atoms with Gasteiger partial charge in [-0.15, -0.1) is 0 Å². The number of aromatic amines is 1. The van der Waals surface area contributed by atoms with Crippen LogP contribution in [0.3, 0.4) is 0 Å². The summed E-state index contributed by atoms with van der Waals surface area (Å²) in [5.41, 5.74) is 6.13. The van der Waals surface area contributed by atoms with Crippen LogP contribution in [-0.2, 0) is 6.54 Å². The van der Waals surface area contributed by atoms with Gasteiger partial charge in [-0.1, -0.05) is 13.8 Å². The van der Waals surface area contributed by atoms with E-state index in [0.29, 0.717) is 11.6 Å². The first-order valence-electron chi connectivity index (χ1n) is 8.74. The second-order valence-corrected chi connectivity index (χ2v) is 6.03. The molecule has 2 rings (SSSR count). The van der Waals surface area contributed by atoms with Crippen LogP contribution in [0.25, 0.3) is 0 Å². The quantitative estimate of drug-likeness (QED) is 0.561. The first-order chi connectivity index (χ1) is 12.5. The van der Waals surface area contributed by atoms with Gasteiger partial charge < -0.3 is 4.74 Å². The third kappa shape index (κ3) is 5.16. The highest BCUT2D eigenvalue weighted by atomic mass is 16.5.